The van der Waals surface area contributed by atoms with Gasteiger partial charge >= 0.3 is 0 Å². The van der Waals surface area contributed by atoms with Crippen molar-refractivity contribution in [3.63, 3.8) is 0 Å². The Bertz CT molecular complexity index is 603. The molecular weight excluding hydrogens is 352 g/mol. The zero-order chi connectivity index (χ0) is 17.6. The first-order valence-electron chi connectivity index (χ1n) is 9.58. The molecule has 2 heterocycles. The second-order valence-corrected chi connectivity index (χ2v) is 7.14. The number of ether oxygens (including phenoxy) is 2. The lowest BCUT2D eigenvalue weighted by molar-refractivity contribution is -0.121. The zero-order valence-electron chi connectivity index (χ0n) is 15.8. The Labute approximate surface area is 162 Å². The summed E-state index contributed by atoms with van der Waals surface area (Å²) in [6.45, 7) is 7.32. The highest BCUT2D eigenvalue weighted by Gasteiger charge is 2.22. The van der Waals surface area contributed by atoms with Crippen molar-refractivity contribution < 1.29 is 14.3 Å². The van der Waals surface area contributed by atoms with Gasteiger partial charge in [-0.25, -0.2) is 0 Å². The number of benzene rings is 1. The van der Waals surface area contributed by atoms with Crippen LogP contribution < -0.4 is 20.1 Å². The van der Waals surface area contributed by atoms with Crippen LogP contribution in [-0.4, -0.2) is 31.7 Å². The van der Waals surface area contributed by atoms with E-state index >= 15 is 0 Å². The van der Waals surface area contributed by atoms with Crippen LogP contribution in [0.4, 0.5) is 0 Å². The Balaban J connectivity index is 0.00000243. The molecule has 1 aromatic rings. The van der Waals surface area contributed by atoms with Gasteiger partial charge in [-0.15, -0.1) is 12.4 Å². The molecule has 0 radical (unpaired) electrons. The van der Waals surface area contributed by atoms with Gasteiger partial charge in [0.2, 0.25) is 5.91 Å². The molecule has 26 heavy (non-hydrogen) atoms. The summed E-state index contributed by atoms with van der Waals surface area (Å²) in [5.41, 5.74) is 2.18. The lowest BCUT2D eigenvalue weighted by atomic mass is 9.93. The Morgan fingerprint density at radius 3 is 2.85 bits per heavy atom. The molecule has 0 spiro atoms. The predicted octanol–water partition coefficient (Wildman–Crippen LogP) is 3.23. The van der Waals surface area contributed by atoms with E-state index in [0.29, 0.717) is 25.5 Å². The summed E-state index contributed by atoms with van der Waals surface area (Å²) in [6, 6.07) is 4.09. The van der Waals surface area contributed by atoms with Crippen molar-refractivity contribution in [1.29, 1.82) is 0 Å². The highest BCUT2D eigenvalue weighted by atomic mass is 35.5. The molecule has 2 aliphatic heterocycles. The van der Waals surface area contributed by atoms with Crippen LogP contribution in [0.2, 0.25) is 0 Å². The lowest BCUT2D eigenvalue weighted by Crippen LogP contribution is -2.29. The second kappa shape index (κ2) is 10.0. The summed E-state index contributed by atoms with van der Waals surface area (Å²) in [6.07, 6.45) is 5.08. The minimum Gasteiger partial charge on any atom is -0.494 e. The fourth-order valence-corrected chi connectivity index (χ4v) is 3.70. The van der Waals surface area contributed by atoms with Crippen molar-refractivity contribution in [2.45, 2.75) is 58.6 Å². The third-order valence-electron chi connectivity index (χ3n) is 5.09. The quantitative estimate of drug-likeness (QED) is 0.760. The van der Waals surface area contributed by atoms with E-state index in [1.165, 1.54) is 18.4 Å². The SMILES string of the molecule is CCOc1cc2c(cc1CNC(=O)CCC1CCNCC1)OC(C)C2.Cl. The van der Waals surface area contributed by atoms with Crippen molar-refractivity contribution in [2.24, 2.45) is 5.92 Å². The Morgan fingerprint density at radius 1 is 1.35 bits per heavy atom. The van der Waals surface area contributed by atoms with E-state index in [4.69, 9.17) is 9.47 Å². The molecular formula is C20H31ClN2O3. The summed E-state index contributed by atoms with van der Waals surface area (Å²) in [4.78, 5) is 12.2. The predicted molar refractivity (Wildman–Crippen MR) is 105 cm³/mol. The maximum Gasteiger partial charge on any atom is 0.220 e. The zero-order valence-corrected chi connectivity index (χ0v) is 16.6. The topological polar surface area (TPSA) is 59.6 Å². The first kappa shape index (κ1) is 20.8. The smallest absolute Gasteiger partial charge is 0.220 e. The van der Waals surface area contributed by atoms with Crippen LogP contribution in [-0.2, 0) is 17.8 Å². The van der Waals surface area contributed by atoms with Crippen LogP contribution >= 0.6 is 12.4 Å². The van der Waals surface area contributed by atoms with Crippen LogP contribution in [0, 0.1) is 5.92 Å². The van der Waals surface area contributed by atoms with E-state index in [1.54, 1.807) is 0 Å². The molecule has 1 atom stereocenters. The minimum atomic E-state index is 0. The van der Waals surface area contributed by atoms with Gasteiger partial charge in [-0.3, -0.25) is 4.79 Å². The molecule has 1 aromatic carbocycles. The molecule has 0 bridgehead atoms. The molecule has 1 saturated heterocycles. The number of nitrogens with one attached hydrogen (secondary N) is 2. The number of hydrogen-bond acceptors (Lipinski definition) is 4. The van der Waals surface area contributed by atoms with Crippen molar-refractivity contribution in [3.8, 4) is 11.5 Å². The molecule has 0 saturated carbocycles. The molecule has 6 heteroatoms. The maximum absolute atomic E-state index is 12.2. The highest BCUT2D eigenvalue weighted by Crippen LogP contribution is 2.35. The molecule has 146 valence electrons. The van der Waals surface area contributed by atoms with Crippen LogP contribution in [0.5, 0.6) is 11.5 Å². The molecule has 2 aliphatic rings. The van der Waals surface area contributed by atoms with E-state index in [9.17, 15) is 4.79 Å². The fraction of sp³-hybridized carbons (Fsp3) is 0.650. The molecule has 3 rings (SSSR count). The Kier molecular flexibility index (Phi) is 8.04. The number of rotatable bonds is 7. The van der Waals surface area contributed by atoms with Gasteiger partial charge in [-0.1, -0.05) is 0 Å². The van der Waals surface area contributed by atoms with Crippen molar-refractivity contribution in [1.82, 2.24) is 10.6 Å². The lowest BCUT2D eigenvalue weighted by Gasteiger charge is -2.22. The largest absolute Gasteiger partial charge is 0.494 e. The number of carbonyl (C=O) groups excluding carboxylic acids is 1. The minimum absolute atomic E-state index is 0. The average Bonchev–Trinajstić information content (AvgIpc) is 2.98. The van der Waals surface area contributed by atoms with Gasteiger partial charge < -0.3 is 20.1 Å². The summed E-state index contributed by atoms with van der Waals surface area (Å²) in [5, 5.41) is 6.41. The number of amides is 1. The van der Waals surface area contributed by atoms with E-state index in [2.05, 4.69) is 23.6 Å². The van der Waals surface area contributed by atoms with Crippen molar-refractivity contribution in [2.75, 3.05) is 19.7 Å². The summed E-state index contributed by atoms with van der Waals surface area (Å²) in [7, 11) is 0. The number of carbonyl (C=O) groups is 1. The van der Waals surface area contributed by atoms with Crippen LogP contribution in [0.25, 0.3) is 0 Å². The van der Waals surface area contributed by atoms with Crippen molar-refractivity contribution in [3.05, 3.63) is 23.3 Å². The molecule has 2 N–H and O–H groups in total. The Hall–Kier alpha value is -1.46. The van der Waals surface area contributed by atoms with E-state index in [-0.39, 0.29) is 24.4 Å². The van der Waals surface area contributed by atoms with Gasteiger partial charge in [0.05, 0.1) is 6.61 Å². The van der Waals surface area contributed by atoms with Crippen LogP contribution in [0.3, 0.4) is 0 Å². The summed E-state index contributed by atoms with van der Waals surface area (Å²) in [5.74, 6) is 2.59. The normalized spacial score (nSPS) is 19.2. The van der Waals surface area contributed by atoms with Gasteiger partial charge in [-0.05, 0) is 64.3 Å². The summed E-state index contributed by atoms with van der Waals surface area (Å²) < 4.78 is 11.6. The number of piperidine rings is 1. The third-order valence-corrected chi connectivity index (χ3v) is 5.09. The van der Waals surface area contributed by atoms with Gasteiger partial charge in [-0.2, -0.15) is 0 Å². The van der Waals surface area contributed by atoms with Gasteiger partial charge in [0.15, 0.2) is 0 Å². The van der Waals surface area contributed by atoms with E-state index in [0.717, 1.165) is 43.0 Å². The van der Waals surface area contributed by atoms with Crippen molar-refractivity contribution >= 4 is 18.3 Å². The maximum atomic E-state index is 12.2. The number of hydrogen-bond donors (Lipinski definition) is 2. The van der Waals surface area contributed by atoms with E-state index in [1.807, 2.05) is 13.0 Å². The highest BCUT2D eigenvalue weighted by molar-refractivity contribution is 5.85. The standard InChI is InChI=1S/C20H30N2O3.ClH/c1-3-24-18-11-16-10-14(2)25-19(16)12-17(18)13-22-20(23)5-4-15-6-8-21-9-7-15;/h11-12,14-15,21H,3-10,13H2,1-2H3,(H,22,23);1H. The Morgan fingerprint density at radius 2 is 2.12 bits per heavy atom. The molecule has 1 amide bonds. The second-order valence-electron chi connectivity index (χ2n) is 7.14. The van der Waals surface area contributed by atoms with Gasteiger partial charge in [0.25, 0.3) is 0 Å². The molecule has 0 aliphatic carbocycles. The third kappa shape index (κ3) is 5.52. The molecule has 1 unspecified atom stereocenters. The van der Waals surface area contributed by atoms with E-state index < -0.39 is 0 Å². The summed E-state index contributed by atoms with van der Waals surface area (Å²) >= 11 is 0. The first-order valence-corrected chi connectivity index (χ1v) is 9.58. The first-order chi connectivity index (χ1) is 12.2. The van der Waals surface area contributed by atoms with Gasteiger partial charge in [0.1, 0.15) is 17.6 Å². The number of halogens is 1. The fourth-order valence-electron chi connectivity index (χ4n) is 3.70. The van der Waals surface area contributed by atoms with Crippen LogP contribution in [0.1, 0.15) is 50.7 Å². The number of fused-ring (bicyclic) bond motifs is 1. The average molecular weight is 383 g/mol. The van der Waals surface area contributed by atoms with Gasteiger partial charge in [0, 0.05) is 30.5 Å². The monoisotopic (exact) mass is 382 g/mol. The molecule has 5 nitrogen and oxygen atoms in total. The molecule has 1 fully saturated rings. The van der Waals surface area contributed by atoms with Crippen LogP contribution in [0.15, 0.2) is 12.1 Å². The molecule has 0 aromatic heterocycles.